The minimum Gasteiger partial charge on any atom is -0.335 e. The Labute approximate surface area is 175 Å². The summed E-state index contributed by atoms with van der Waals surface area (Å²) in [5.41, 5.74) is 7.32. The van der Waals surface area contributed by atoms with Crippen LogP contribution in [0.25, 0.3) is 5.57 Å². The summed E-state index contributed by atoms with van der Waals surface area (Å²) in [5.74, 6) is 2.26. The molecule has 0 amide bonds. The predicted molar refractivity (Wildman–Crippen MR) is 122 cm³/mol. The van der Waals surface area contributed by atoms with Crippen molar-refractivity contribution in [3.63, 3.8) is 0 Å². The van der Waals surface area contributed by atoms with Crippen molar-refractivity contribution in [1.29, 1.82) is 0 Å². The van der Waals surface area contributed by atoms with E-state index in [1.165, 1.54) is 40.7 Å². The van der Waals surface area contributed by atoms with E-state index in [0.29, 0.717) is 11.8 Å². The second-order valence-corrected chi connectivity index (χ2v) is 8.38. The number of hydrogen-bond donors (Lipinski definition) is 1. The Morgan fingerprint density at radius 3 is 2.69 bits per heavy atom. The maximum Gasteiger partial charge on any atom is 0.105 e. The number of hydrogen-bond acceptors (Lipinski definition) is 2. The lowest BCUT2D eigenvalue weighted by atomic mass is 9.74. The maximum atomic E-state index is 4.39. The van der Waals surface area contributed by atoms with E-state index in [0.717, 1.165) is 31.9 Å². The molecule has 152 valence electrons. The molecule has 0 bridgehead atoms. The number of allylic oxidation sites excluding steroid dienone is 6. The van der Waals surface area contributed by atoms with Gasteiger partial charge in [-0.05, 0) is 86.9 Å². The highest BCUT2D eigenvalue weighted by molar-refractivity contribution is 5.74. The highest BCUT2D eigenvalue weighted by atomic mass is 15.0. The third-order valence-corrected chi connectivity index (χ3v) is 6.57. The van der Waals surface area contributed by atoms with E-state index >= 15 is 0 Å². The minimum absolute atomic E-state index is 0.480. The second-order valence-electron chi connectivity index (χ2n) is 8.38. The van der Waals surface area contributed by atoms with Gasteiger partial charge in [0, 0.05) is 24.9 Å². The Morgan fingerprint density at radius 2 is 1.97 bits per heavy atom. The zero-order valence-electron chi connectivity index (χ0n) is 18.0. The van der Waals surface area contributed by atoms with Crippen LogP contribution < -0.4 is 5.32 Å². The van der Waals surface area contributed by atoms with Gasteiger partial charge in [0.15, 0.2) is 0 Å². The molecule has 2 heterocycles. The molecule has 0 spiro atoms. The molecule has 2 aromatic rings. The average Bonchev–Trinajstić information content (AvgIpc) is 3.11. The topological polar surface area (TPSA) is 29.9 Å². The van der Waals surface area contributed by atoms with Crippen LogP contribution in [0.5, 0.6) is 0 Å². The van der Waals surface area contributed by atoms with E-state index in [-0.39, 0.29) is 0 Å². The van der Waals surface area contributed by atoms with Gasteiger partial charge >= 0.3 is 0 Å². The summed E-state index contributed by atoms with van der Waals surface area (Å²) in [6.45, 7) is 9.76. The van der Waals surface area contributed by atoms with Gasteiger partial charge in [-0.1, -0.05) is 42.5 Å². The van der Waals surface area contributed by atoms with Crippen LogP contribution in [0.4, 0.5) is 0 Å². The zero-order chi connectivity index (χ0) is 20.2. The van der Waals surface area contributed by atoms with Gasteiger partial charge in [0.2, 0.25) is 0 Å². The summed E-state index contributed by atoms with van der Waals surface area (Å²) in [5, 5.41) is 3.55. The van der Waals surface area contributed by atoms with Crippen molar-refractivity contribution in [2.75, 3.05) is 13.1 Å². The van der Waals surface area contributed by atoms with Crippen LogP contribution in [0.15, 0.2) is 66.0 Å². The summed E-state index contributed by atoms with van der Waals surface area (Å²) in [6, 6.07) is 9.13. The summed E-state index contributed by atoms with van der Waals surface area (Å²) >= 11 is 0. The minimum atomic E-state index is 0.480. The molecule has 1 aromatic heterocycles. The fraction of sp³-hybridized carbons (Fsp3) is 0.423. The molecule has 1 aliphatic heterocycles. The van der Waals surface area contributed by atoms with Crippen LogP contribution >= 0.6 is 0 Å². The Balaban J connectivity index is 1.76. The molecule has 1 fully saturated rings. The Morgan fingerprint density at radius 1 is 1.17 bits per heavy atom. The Kier molecular flexibility index (Phi) is 6.15. The van der Waals surface area contributed by atoms with Gasteiger partial charge < -0.3 is 9.88 Å². The largest absolute Gasteiger partial charge is 0.335 e. The molecule has 1 unspecified atom stereocenters. The summed E-state index contributed by atoms with van der Waals surface area (Å²) in [4.78, 5) is 4.39. The van der Waals surface area contributed by atoms with Crippen LogP contribution in [0.1, 0.15) is 56.0 Å². The van der Waals surface area contributed by atoms with Crippen molar-refractivity contribution in [3.8, 4) is 0 Å². The van der Waals surface area contributed by atoms with Gasteiger partial charge in [-0.15, -0.1) is 0 Å². The molecule has 0 radical (unpaired) electrons. The number of rotatable bonds is 5. The molecule has 1 saturated heterocycles. The number of piperidine rings is 1. The molecule has 1 atom stereocenters. The number of benzene rings is 1. The smallest absolute Gasteiger partial charge is 0.105 e. The summed E-state index contributed by atoms with van der Waals surface area (Å²) in [7, 11) is 0. The molecular weight excluding hydrogens is 354 g/mol. The molecule has 0 saturated carbocycles. The highest BCUT2D eigenvalue weighted by Gasteiger charge is 2.31. The van der Waals surface area contributed by atoms with Crippen molar-refractivity contribution in [3.05, 3.63) is 83.0 Å². The van der Waals surface area contributed by atoms with E-state index in [2.05, 4.69) is 84.3 Å². The normalized spacial score (nSPS) is 20.7. The molecule has 29 heavy (non-hydrogen) atoms. The third-order valence-electron chi connectivity index (χ3n) is 6.57. The van der Waals surface area contributed by atoms with Gasteiger partial charge in [0.1, 0.15) is 5.82 Å². The van der Waals surface area contributed by atoms with Gasteiger partial charge in [-0.3, -0.25) is 0 Å². The van der Waals surface area contributed by atoms with Crippen molar-refractivity contribution in [2.24, 2.45) is 5.92 Å². The van der Waals surface area contributed by atoms with Crippen molar-refractivity contribution >= 4 is 5.57 Å². The van der Waals surface area contributed by atoms with Crippen molar-refractivity contribution in [1.82, 2.24) is 14.9 Å². The van der Waals surface area contributed by atoms with E-state index in [1.807, 2.05) is 6.20 Å². The lowest BCUT2D eigenvalue weighted by Gasteiger charge is -2.33. The molecule has 3 nitrogen and oxygen atoms in total. The molecule has 3 heteroatoms. The predicted octanol–water partition coefficient (Wildman–Crippen LogP) is 5.65. The maximum absolute atomic E-state index is 4.39. The van der Waals surface area contributed by atoms with E-state index in [1.54, 1.807) is 0 Å². The number of fused-ring (bicyclic) bond motifs is 1. The molecule has 1 N–H and O–H groups in total. The first-order valence-electron chi connectivity index (χ1n) is 11.0. The molecular formula is C26H33N3. The van der Waals surface area contributed by atoms with Crippen molar-refractivity contribution < 1.29 is 0 Å². The third kappa shape index (κ3) is 4.16. The fourth-order valence-corrected chi connectivity index (χ4v) is 5.08. The van der Waals surface area contributed by atoms with Crippen LogP contribution in [-0.4, -0.2) is 22.6 Å². The standard InChI is InChI=1S/C26H33N3/c1-4-7-23-19(2)18-22(12-16-29-17-15-28-20(29)3)24-8-5-6-9-25(24)26(23)21-10-13-27-14-11-21/h4-9,15,17-18,21,26-27H,10-14,16H2,1-3H3/b7-4-. The number of nitrogens with one attached hydrogen (secondary N) is 1. The molecule has 2 aliphatic rings. The van der Waals surface area contributed by atoms with Crippen LogP contribution in [0.2, 0.25) is 0 Å². The lowest BCUT2D eigenvalue weighted by Crippen LogP contribution is -2.31. The van der Waals surface area contributed by atoms with E-state index in [9.17, 15) is 0 Å². The molecule has 4 rings (SSSR count). The van der Waals surface area contributed by atoms with Gasteiger partial charge in [0.25, 0.3) is 0 Å². The average molecular weight is 388 g/mol. The monoisotopic (exact) mass is 387 g/mol. The number of aryl methyl sites for hydroxylation is 2. The van der Waals surface area contributed by atoms with E-state index < -0.39 is 0 Å². The van der Waals surface area contributed by atoms with E-state index in [4.69, 9.17) is 0 Å². The first-order valence-corrected chi connectivity index (χ1v) is 11.0. The number of imidazole rings is 1. The Hall–Kier alpha value is -2.39. The van der Waals surface area contributed by atoms with Crippen LogP contribution in [0, 0.1) is 12.8 Å². The fourth-order valence-electron chi connectivity index (χ4n) is 5.08. The highest BCUT2D eigenvalue weighted by Crippen LogP contribution is 2.45. The first kappa shape index (κ1) is 19.9. The van der Waals surface area contributed by atoms with Crippen LogP contribution in [0.3, 0.4) is 0 Å². The lowest BCUT2D eigenvalue weighted by molar-refractivity contribution is 0.341. The SMILES string of the molecule is C/C=C\C1=C(C)C=C(CCn2ccnc2C)c2ccccc2C1C1CCNCC1. The van der Waals surface area contributed by atoms with Gasteiger partial charge in [0.05, 0.1) is 0 Å². The second kappa shape index (κ2) is 8.96. The Bertz CT molecular complexity index is 938. The summed E-state index contributed by atoms with van der Waals surface area (Å²) in [6.07, 6.45) is 14.5. The summed E-state index contributed by atoms with van der Waals surface area (Å²) < 4.78 is 2.25. The first-order chi connectivity index (χ1) is 14.2. The van der Waals surface area contributed by atoms with Gasteiger partial charge in [-0.2, -0.15) is 0 Å². The van der Waals surface area contributed by atoms with Crippen LogP contribution in [-0.2, 0) is 6.54 Å². The quantitative estimate of drug-likeness (QED) is 0.718. The number of aromatic nitrogens is 2. The molecule has 1 aliphatic carbocycles. The molecule has 1 aromatic carbocycles. The van der Waals surface area contributed by atoms with Gasteiger partial charge in [-0.25, -0.2) is 4.98 Å². The zero-order valence-corrected chi connectivity index (χ0v) is 18.0. The van der Waals surface area contributed by atoms with Crippen molar-refractivity contribution in [2.45, 2.75) is 52.5 Å². The number of nitrogens with zero attached hydrogens (tertiary/aromatic N) is 2.